The first kappa shape index (κ1) is 19.0. The van der Waals surface area contributed by atoms with Crippen LogP contribution in [0.5, 0.6) is 0 Å². The van der Waals surface area contributed by atoms with Gasteiger partial charge < -0.3 is 5.11 Å². The predicted molar refractivity (Wildman–Crippen MR) is 107 cm³/mol. The molecule has 138 valence electrons. The average Bonchev–Trinajstić information content (AvgIpc) is 2.97. The van der Waals surface area contributed by atoms with Gasteiger partial charge in [0, 0.05) is 16.1 Å². The monoisotopic (exact) mass is 389 g/mol. The largest absolute Gasteiger partial charge is 0.383 e. The Morgan fingerprint density at radius 1 is 1.08 bits per heavy atom. The molecule has 1 atom stereocenters. The second-order valence-electron chi connectivity index (χ2n) is 6.97. The molecule has 0 saturated heterocycles. The number of benzene rings is 2. The van der Waals surface area contributed by atoms with Crippen LogP contribution in [0.25, 0.3) is 10.1 Å². The number of aryl methyl sites for hydroxylation is 3. The normalized spacial score (nSPS) is 14.5. The Hall–Kier alpha value is -1.73. The lowest BCUT2D eigenvalue weighted by atomic mass is 10.1. The molecule has 0 spiro atoms. The summed E-state index contributed by atoms with van der Waals surface area (Å²) < 4.78 is 29.3. The van der Waals surface area contributed by atoms with Gasteiger partial charge in [-0.2, -0.15) is 0 Å². The number of rotatable bonds is 5. The van der Waals surface area contributed by atoms with Crippen molar-refractivity contribution in [2.24, 2.45) is 0 Å². The SMILES string of the molecule is Cc1cc(C)c(S(=O)(=O)NCC(C)(O)c2cc3ccccc3s2)c(C)c1. The minimum absolute atomic E-state index is 0.0884. The summed E-state index contributed by atoms with van der Waals surface area (Å²) in [5.41, 5.74) is 1.15. The van der Waals surface area contributed by atoms with Crippen molar-refractivity contribution in [3.05, 3.63) is 64.0 Å². The summed E-state index contributed by atoms with van der Waals surface area (Å²) >= 11 is 1.47. The van der Waals surface area contributed by atoms with Crippen LogP contribution in [0.2, 0.25) is 0 Å². The molecule has 26 heavy (non-hydrogen) atoms. The molecule has 4 nitrogen and oxygen atoms in total. The Balaban J connectivity index is 1.87. The highest BCUT2D eigenvalue weighted by Crippen LogP contribution is 2.33. The fraction of sp³-hybridized carbons (Fsp3) is 0.300. The molecule has 0 fully saturated rings. The van der Waals surface area contributed by atoms with E-state index in [0.29, 0.717) is 11.1 Å². The number of fused-ring (bicyclic) bond motifs is 1. The van der Waals surface area contributed by atoms with E-state index in [1.807, 2.05) is 49.4 Å². The molecule has 0 aliphatic carbocycles. The Kier molecular flexibility index (Phi) is 4.96. The molecule has 0 aliphatic rings. The third kappa shape index (κ3) is 3.69. The van der Waals surface area contributed by atoms with Crippen molar-refractivity contribution in [3.8, 4) is 0 Å². The Labute approximate surface area is 158 Å². The van der Waals surface area contributed by atoms with Crippen molar-refractivity contribution in [2.45, 2.75) is 38.2 Å². The average molecular weight is 390 g/mol. The fourth-order valence-electron chi connectivity index (χ4n) is 3.23. The van der Waals surface area contributed by atoms with Crippen LogP contribution in [0.4, 0.5) is 0 Å². The molecular weight excluding hydrogens is 366 g/mol. The number of thiophene rings is 1. The van der Waals surface area contributed by atoms with Gasteiger partial charge in [0.1, 0.15) is 5.60 Å². The Morgan fingerprint density at radius 2 is 1.69 bits per heavy atom. The van der Waals surface area contributed by atoms with E-state index in [9.17, 15) is 13.5 Å². The van der Waals surface area contributed by atoms with Gasteiger partial charge in [-0.15, -0.1) is 11.3 Å². The molecule has 2 N–H and O–H groups in total. The summed E-state index contributed by atoms with van der Waals surface area (Å²) in [5.74, 6) is 0. The zero-order valence-electron chi connectivity index (χ0n) is 15.3. The molecular formula is C20H23NO3S2. The first-order valence-electron chi connectivity index (χ1n) is 8.39. The number of hydrogen-bond donors (Lipinski definition) is 2. The standard InChI is InChI=1S/C20H23NO3S2/c1-13-9-14(2)19(15(3)10-13)26(23,24)21-12-20(4,22)18-11-16-7-5-6-8-17(16)25-18/h5-11,21-22H,12H2,1-4H3. The summed E-state index contributed by atoms with van der Waals surface area (Å²) in [6.07, 6.45) is 0. The predicted octanol–water partition coefficient (Wildman–Crippen LogP) is 4.01. The van der Waals surface area contributed by atoms with E-state index in [4.69, 9.17) is 0 Å². The van der Waals surface area contributed by atoms with Crippen LogP contribution < -0.4 is 4.72 Å². The molecule has 3 aromatic rings. The van der Waals surface area contributed by atoms with Gasteiger partial charge in [0.15, 0.2) is 0 Å². The van der Waals surface area contributed by atoms with Crippen LogP contribution in [0.3, 0.4) is 0 Å². The molecule has 1 aromatic heterocycles. The third-order valence-corrected chi connectivity index (χ3v) is 7.51. The van der Waals surface area contributed by atoms with E-state index in [1.54, 1.807) is 20.8 Å². The summed E-state index contributed by atoms with van der Waals surface area (Å²) in [7, 11) is -3.72. The van der Waals surface area contributed by atoms with Gasteiger partial charge in [-0.1, -0.05) is 35.9 Å². The van der Waals surface area contributed by atoms with E-state index < -0.39 is 15.6 Å². The quantitative estimate of drug-likeness (QED) is 0.693. The number of nitrogens with one attached hydrogen (secondary N) is 1. The van der Waals surface area contributed by atoms with Crippen LogP contribution in [0.15, 0.2) is 47.4 Å². The fourth-order valence-corrected chi connectivity index (χ4v) is 5.92. The maximum Gasteiger partial charge on any atom is 0.241 e. The molecule has 1 unspecified atom stereocenters. The minimum atomic E-state index is -3.72. The number of hydrogen-bond acceptors (Lipinski definition) is 4. The second-order valence-corrected chi connectivity index (χ2v) is 9.76. The minimum Gasteiger partial charge on any atom is -0.383 e. The van der Waals surface area contributed by atoms with Crippen molar-refractivity contribution in [3.63, 3.8) is 0 Å². The molecule has 0 radical (unpaired) electrons. The lowest BCUT2D eigenvalue weighted by Crippen LogP contribution is -2.38. The third-order valence-electron chi connectivity index (χ3n) is 4.44. The topological polar surface area (TPSA) is 66.4 Å². The van der Waals surface area contributed by atoms with E-state index in [-0.39, 0.29) is 11.4 Å². The maximum absolute atomic E-state index is 12.8. The summed E-state index contributed by atoms with van der Waals surface area (Å²) in [5, 5.41) is 11.9. The van der Waals surface area contributed by atoms with Crippen molar-refractivity contribution >= 4 is 31.4 Å². The van der Waals surface area contributed by atoms with Gasteiger partial charge in [0.2, 0.25) is 10.0 Å². The Morgan fingerprint density at radius 3 is 2.31 bits per heavy atom. The molecule has 0 amide bonds. The van der Waals surface area contributed by atoms with Crippen LogP contribution in [-0.2, 0) is 15.6 Å². The summed E-state index contributed by atoms with van der Waals surface area (Å²) in [6, 6.07) is 13.5. The molecule has 0 saturated carbocycles. The number of aliphatic hydroxyl groups is 1. The van der Waals surface area contributed by atoms with Crippen molar-refractivity contribution < 1.29 is 13.5 Å². The zero-order chi connectivity index (χ0) is 19.1. The van der Waals surface area contributed by atoms with Crippen molar-refractivity contribution in [1.29, 1.82) is 0 Å². The van der Waals surface area contributed by atoms with Crippen LogP contribution in [0, 0.1) is 20.8 Å². The van der Waals surface area contributed by atoms with Gasteiger partial charge in [0.25, 0.3) is 0 Å². The Bertz CT molecular complexity index is 1010. The van der Waals surface area contributed by atoms with E-state index in [2.05, 4.69) is 4.72 Å². The van der Waals surface area contributed by atoms with Crippen molar-refractivity contribution in [1.82, 2.24) is 4.72 Å². The van der Waals surface area contributed by atoms with Crippen LogP contribution >= 0.6 is 11.3 Å². The molecule has 0 aliphatic heterocycles. The lowest BCUT2D eigenvalue weighted by molar-refractivity contribution is 0.0666. The molecule has 0 bridgehead atoms. The van der Waals surface area contributed by atoms with E-state index in [0.717, 1.165) is 20.5 Å². The molecule has 6 heteroatoms. The lowest BCUT2D eigenvalue weighted by Gasteiger charge is -2.23. The zero-order valence-corrected chi connectivity index (χ0v) is 17.0. The summed E-state index contributed by atoms with van der Waals surface area (Å²) in [6.45, 7) is 7.07. The van der Waals surface area contributed by atoms with E-state index >= 15 is 0 Å². The van der Waals surface area contributed by atoms with Gasteiger partial charge in [-0.25, -0.2) is 13.1 Å². The first-order chi connectivity index (χ1) is 12.1. The maximum atomic E-state index is 12.8. The summed E-state index contributed by atoms with van der Waals surface area (Å²) in [4.78, 5) is 1.02. The van der Waals surface area contributed by atoms with Gasteiger partial charge in [0.05, 0.1) is 4.90 Å². The smallest absolute Gasteiger partial charge is 0.241 e. The van der Waals surface area contributed by atoms with Gasteiger partial charge in [-0.3, -0.25) is 0 Å². The van der Waals surface area contributed by atoms with Gasteiger partial charge in [-0.05, 0) is 56.3 Å². The number of sulfonamides is 1. The molecule has 2 aromatic carbocycles. The van der Waals surface area contributed by atoms with E-state index in [1.165, 1.54) is 11.3 Å². The van der Waals surface area contributed by atoms with Crippen LogP contribution in [-0.4, -0.2) is 20.1 Å². The molecule has 1 heterocycles. The van der Waals surface area contributed by atoms with Crippen molar-refractivity contribution in [2.75, 3.05) is 6.54 Å². The second kappa shape index (κ2) is 6.78. The highest BCUT2D eigenvalue weighted by atomic mass is 32.2. The molecule has 3 rings (SSSR count). The van der Waals surface area contributed by atoms with Gasteiger partial charge >= 0.3 is 0 Å². The highest BCUT2D eigenvalue weighted by Gasteiger charge is 2.29. The highest BCUT2D eigenvalue weighted by molar-refractivity contribution is 7.89. The van der Waals surface area contributed by atoms with Crippen LogP contribution in [0.1, 0.15) is 28.5 Å². The first-order valence-corrected chi connectivity index (χ1v) is 10.7.